The van der Waals surface area contributed by atoms with Crippen molar-refractivity contribution in [3.63, 3.8) is 0 Å². The van der Waals surface area contributed by atoms with Crippen LogP contribution < -0.4 is 5.32 Å². The first-order valence-corrected chi connectivity index (χ1v) is 6.70. The molecule has 17 heavy (non-hydrogen) atoms. The van der Waals surface area contributed by atoms with E-state index in [0.29, 0.717) is 18.7 Å². The second-order valence-corrected chi connectivity index (χ2v) is 5.63. The number of ether oxygens (including phenoxy) is 1. The third kappa shape index (κ3) is 5.04. The first-order valence-electron chi connectivity index (χ1n) is 5.62. The minimum Gasteiger partial charge on any atom is -0.374 e. The van der Waals surface area contributed by atoms with Gasteiger partial charge >= 0.3 is 0 Å². The summed E-state index contributed by atoms with van der Waals surface area (Å²) in [6.07, 6.45) is 0. The number of benzene rings is 1. The van der Waals surface area contributed by atoms with Crippen molar-refractivity contribution in [1.29, 1.82) is 0 Å². The van der Waals surface area contributed by atoms with Crippen molar-refractivity contribution in [3.8, 4) is 0 Å². The van der Waals surface area contributed by atoms with E-state index in [9.17, 15) is 4.79 Å². The molecule has 0 aliphatic heterocycles. The highest BCUT2D eigenvalue weighted by Gasteiger charge is 2.18. The molecular formula is C13H18INO2. The molecule has 1 rings (SSSR count). The normalized spacial score (nSPS) is 11.3. The van der Waals surface area contributed by atoms with Crippen LogP contribution in [0.15, 0.2) is 24.3 Å². The van der Waals surface area contributed by atoms with E-state index in [1.807, 2.05) is 45.0 Å². The quantitative estimate of drug-likeness (QED) is 0.832. The predicted octanol–water partition coefficient (Wildman–Crippen LogP) is 2.84. The molecule has 0 atom stereocenters. The number of halogens is 1. The van der Waals surface area contributed by atoms with Crippen LogP contribution in [0.1, 0.15) is 31.1 Å². The molecule has 0 unspecified atom stereocenters. The molecule has 0 fully saturated rings. The van der Waals surface area contributed by atoms with Crippen LogP contribution in [0, 0.1) is 3.57 Å². The van der Waals surface area contributed by atoms with Gasteiger partial charge in [-0.05, 0) is 67.6 Å². The summed E-state index contributed by atoms with van der Waals surface area (Å²) < 4.78 is 6.64. The summed E-state index contributed by atoms with van der Waals surface area (Å²) in [5.74, 6) is -0.0609. The topological polar surface area (TPSA) is 38.3 Å². The van der Waals surface area contributed by atoms with Gasteiger partial charge in [-0.1, -0.05) is 0 Å². The molecule has 4 heteroatoms. The third-order valence-corrected chi connectivity index (χ3v) is 3.04. The average Bonchev–Trinajstić information content (AvgIpc) is 2.27. The number of carbonyl (C=O) groups is 1. The number of hydrogen-bond donors (Lipinski definition) is 1. The maximum Gasteiger partial charge on any atom is 0.251 e. The molecule has 0 spiro atoms. The predicted molar refractivity (Wildman–Crippen MR) is 77.2 cm³/mol. The maximum absolute atomic E-state index is 11.8. The molecule has 1 amide bonds. The Morgan fingerprint density at radius 1 is 1.35 bits per heavy atom. The minimum atomic E-state index is -0.326. The van der Waals surface area contributed by atoms with E-state index in [2.05, 4.69) is 27.9 Å². The molecule has 0 heterocycles. The second-order valence-electron chi connectivity index (χ2n) is 4.38. The van der Waals surface area contributed by atoms with Crippen LogP contribution in [0.5, 0.6) is 0 Å². The van der Waals surface area contributed by atoms with E-state index in [0.717, 1.165) is 3.57 Å². The van der Waals surface area contributed by atoms with Crippen LogP contribution in [0.25, 0.3) is 0 Å². The van der Waals surface area contributed by atoms with Crippen molar-refractivity contribution in [2.75, 3.05) is 13.2 Å². The Balaban J connectivity index is 2.53. The van der Waals surface area contributed by atoms with Gasteiger partial charge in [0, 0.05) is 22.3 Å². The zero-order chi connectivity index (χ0) is 12.9. The number of carbonyl (C=O) groups excluding carboxylic acids is 1. The second kappa shape index (κ2) is 6.35. The molecule has 0 aliphatic rings. The standard InChI is InChI=1S/C13H18INO2/c1-4-17-13(2,3)9-15-12(16)10-5-7-11(14)8-6-10/h5-8H,4,9H2,1-3H3,(H,15,16). The van der Waals surface area contributed by atoms with Gasteiger partial charge in [-0.2, -0.15) is 0 Å². The fourth-order valence-electron chi connectivity index (χ4n) is 1.44. The molecular weight excluding hydrogens is 329 g/mol. The first-order chi connectivity index (χ1) is 7.94. The summed E-state index contributed by atoms with van der Waals surface area (Å²) in [4.78, 5) is 11.8. The molecule has 0 saturated heterocycles. The lowest BCUT2D eigenvalue weighted by molar-refractivity contribution is -0.00815. The van der Waals surface area contributed by atoms with Crippen LogP contribution in [0.3, 0.4) is 0 Å². The minimum absolute atomic E-state index is 0.0609. The third-order valence-electron chi connectivity index (χ3n) is 2.32. The molecule has 0 bridgehead atoms. The summed E-state index contributed by atoms with van der Waals surface area (Å²) >= 11 is 2.21. The molecule has 0 aromatic heterocycles. The zero-order valence-corrected chi connectivity index (χ0v) is 12.6. The number of amides is 1. The molecule has 3 nitrogen and oxygen atoms in total. The lowest BCUT2D eigenvalue weighted by atomic mass is 10.1. The fourth-order valence-corrected chi connectivity index (χ4v) is 1.80. The Hall–Kier alpha value is -0.620. The maximum atomic E-state index is 11.8. The van der Waals surface area contributed by atoms with Crippen LogP contribution in [-0.2, 0) is 4.74 Å². The van der Waals surface area contributed by atoms with Gasteiger partial charge in [0.25, 0.3) is 5.91 Å². The Labute approximate surface area is 116 Å². The number of nitrogens with one attached hydrogen (secondary N) is 1. The SMILES string of the molecule is CCOC(C)(C)CNC(=O)c1ccc(I)cc1. The number of rotatable bonds is 5. The van der Waals surface area contributed by atoms with Crippen LogP contribution in [0.2, 0.25) is 0 Å². The van der Waals surface area contributed by atoms with E-state index >= 15 is 0 Å². The van der Waals surface area contributed by atoms with Crippen LogP contribution in [0.4, 0.5) is 0 Å². The molecule has 0 aliphatic carbocycles. The fraction of sp³-hybridized carbons (Fsp3) is 0.462. The summed E-state index contributed by atoms with van der Waals surface area (Å²) in [6.45, 7) is 7.02. The first kappa shape index (κ1) is 14.4. The van der Waals surface area contributed by atoms with Gasteiger partial charge in [-0.15, -0.1) is 0 Å². The summed E-state index contributed by atoms with van der Waals surface area (Å²) in [5, 5.41) is 2.88. The lowest BCUT2D eigenvalue weighted by Crippen LogP contribution is -2.40. The highest BCUT2D eigenvalue weighted by atomic mass is 127. The molecule has 1 N–H and O–H groups in total. The van der Waals surface area contributed by atoms with Crippen molar-refractivity contribution in [1.82, 2.24) is 5.32 Å². The number of hydrogen-bond acceptors (Lipinski definition) is 2. The van der Waals surface area contributed by atoms with Crippen molar-refractivity contribution >= 4 is 28.5 Å². The van der Waals surface area contributed by atoms with Crippen molar-refractivity contribution in [2.45, 2.75) is 26.4 Å². The monoisotopic (exact) mass is 347 g/mol. The van der Waals surface area contributed by atoms with Gasteiger partial charge in [-0.25, -0.2) is 0 Å². The Morgan fingerprint density at radius 2 is 1.94 bits per heavy atom. The van der Waals surface area contributed by atoms with Crippen LogP contribution >= 0.6 is 22.6 Å². The van der Waals surface area contributed by atoms with Gasteiger partial charge < -0.3 is 10.1 Å². The lowest BCUT2D eigenvalue weighted by Gasteiger charge is -2.24. The van der Waals surface area contributed by atoms with E-state index in [1.54, 1.807) is 0 Å². The summed E-state index contributed by atoms with van der Waals surface area (Å²) in [6, 6.07) is 7.49. The highest BCUT2D eigenvalue weighted by Crippen LogP contribution is 2.09. The summed E-state index contributed by atoms with van der Waals surface area (Å²) in [7, 11) is 0. The van der Waals surface area contributed by atoms with Crippen LogP contribution in [-0.4, -0.2) is 24.7 Å². The smallest absolute Gasteiger partial charge is 0.251 e. The Bertz CT molecular complexity index is 374. The van der Waals surface area contributed by atoms with Crippen molar-refractivity contribution in [2.24, 2.45) is 0 Å². The van der Waals surface area contributed by atoms with Gasteiger partial charge in [0.1, 0.15) is 0 Å². The molecule has 1 aromatic rings. The van der Waals surface area contributed by atoms with E-state index in [-0.39, 0.29) is 11.5 Å². The average molecular weight is 347 g/mol. The van der Waals surface area contributed by atoms with Gasteiger partial charge in [-0.3, -0.25) is 4.79 Å². The Morgan fingerprint density at radius 3 is 2.47 bits per heavy atom. The van der Waals surface area contributed by atoms with E-state index in [4.69, 9.17) is 4.74 Å². The molecule has 0 radical (unpaired) electrons. The highest BCUT2D eigenvalue weighted by molar-refractivity contribution is 14.1. The van der Waals surface area contributed by atoms with Crippen molar-refractivity contribution in [3.05, 3.63) is 33.4 Å². The Kier molecular flexibility index (Phi) is 5.39. The van der Waals surface area contributed by atoms with Crippen molar-refractivity contribution < 1.29 is 9.53 Å². The largest absolute Gasteiger partial charge is 0.374 e. The van der Waals surface area contributed by atoms with E-state index < -0.39 is 0 Å². The van der Waals surface area contributed by atoms with Gasteiger partial charge in [0.05, 0.1) is 5.60 Å². The zero-order valence-electron chi connectivity index (χ0n) is 10.4. The molecule has 1 aromatic carbocycles. The van der Waals surface area contributed by atoms with Gasteiger partial charge in [0.15, 0.2) is 0 Å². The van der Waals surface area contributed by atoms with Gasteiger partial charge in [0.2, 0.25) is 0 Å². The summed E-state index contributed by atoms with van der Waals surface area (Å²) in [5.41, 5.74) is 0.353. The van der Waals surface area contributed by atoms with E-state index in [1.165, 1.54) is 0 Å². The molecule has 0 saturated carbocycles. The molecule has 94 valence electrons.